The summed E-state index contributed by atoms with van der Waals surface area (Å²) in [5, 5.41) is 2.68. The molecule has 0 bridgehead atoms. The number of hydrogen-bond acceptors (Lipinski definition) is 2. The molecule has 2 aliphatic rings. The highest BCUT2D eigenvalue weighted by atomic mass is 16.2. The maximum absolute atomic E-state index is 11.3. The van der Waals surface area contributed by atoms with E-state index in [1.165, 1.54) is 38.5 Å². The molecule has 1 N–H and O–H groups in total. The van der Waals surface area contributed by atoms with Crippen LogP contribution in [0.5, 0.6) is 0 Å². The smallest absolute Gasteiger partial charge is 0.222 e. The zero-order valence-corrected chi connectivity index (χ0v) is 13.0. The second-order valence-electron chi connectivity index (χ2n) is 5.71. The van der Waals surface area contributed by atoms with Gasteiger partial charge in [-0.25, -0.2) is 0 Å². The van der Waals surface area contributed by atoms with Crippen molar-refractivity contribution in [2.24, 2.45) is 0 Å². The Hall–Kier alpha value is -1.06. The van der Waals surface area contributed by atoms with Gasteiger partial charge in [-0.1, -0.05) is 39.0 Å². The van der Waals surface area contributed by atoms with Crippen LogP contribution in [-0.4, -0.2) is 36.3 Å². The van der Waals surface area contributed by atoms with Gasteiger partial charge in [0.25, 0.3) is 0 Å². The minimum atomic E-state index is 0.204. The average molecular weight is 282 g/mol. The van der Waals surface area contributed by atoms with Crippen molar-refractivity contribution in [1.82, 2.24) is 10.2 Å². The molecule has 2 amide bonds. The lowest BCUT2D eigenvalue weighted by Gasteiger charge is -2.14. The Kier molecular flexibility index (Phi) is 9.09. The minimum absolute atomic E-state index is 0.204. The summed E-state index contributed by atoms with van der Waals surface area (Å²) in [6.07, 6.45) is 11.5. The highest BCUT2D eigenvalue weighted by Gasteiger charge is 2.18. The van der Waals surface area contributed by atoms with Gasteiger partial charge >= 0.3 is 0 Å². The molecule has 4 heteroatoms. The van der Waals surface area contributed by atoms with E-state index < -0.39 is 0 Å². The van der Waals surface area contributed by atoms with Gasteiger partial charge < -0.3 is 10.2 Å². The van der Waals surface area contributed by atoms with Crippen LogP contribution in [-0.2, 0) is 9.59 Å². The van der Waals surface area contributed by atoms with Crippen LogP contribution in [0.2, 0.25) is 0 Å². The number of amides is 2. The SMILES string of the molecule is CCCCCCCCN1CCCC1=O.O=C1CCCN1. The number of carbonyl (C=O) groups is 2. The maximum Gasteiger partial charge on any atom is 0.222 e. The van der Waals surface area contributed by atoms with Crippen LogP contribution in [0.1, 0.15) is 71.1 Å². The summed E-state index contributed by atoms with van der Waals surface area (Å²) in [7, 11) is 0. The lowest BCUT2D eigenvalue weighted by Crippen LogP contribution is -2.25. The fourth-order valence-corrected chi connectivity index (χ4v) is 2.59. The van der Waals surface area contributed by atoms with E-state index in [0.717, 1.165) is 45.3 Å². The van der Waals surface area contributed by atoms with Crippen LogP contribution < -0.4 is 5.32 Å². The van der Waals surface area contributed by atoms with E-state index in [9.17, 15) is 9.59 Å². The zero-order valence-electron chi connectivity index (χ0n) is 13.0. The van der Waals surface area contributed by atoms with Gasteiger partial charge in [0, 0.05) is 32.5 Å². The van der Waals surface area contributed by atoms with Crippen LogP contribution in [0.4, 0.5) is 0 Å². The molecule has 0 spiro atoms. The minimum Gasteiger partial charge on any atom is -0.356 e. The van der Waals surface area contributed by atoms with E-state index in [-0.39, 0.29) is 5.91 Å². The van der Waals surface area contributed by atoms with Crippen molar-refractivity contribution in [2.45, 2.75) is 71.1 Å². The van der Waals surface area contributed by atoms with Crippen LogP contribution >= 0.6 is 0 Å². The number of likely N-dealkylation sites (tertiary alicyclic amines) is 1. The fraction of sp³-hybridized carbons (Fsp3) is 0.875. The van der Waals surface area contributed by atoms with E-state index in [1.54, 1.807) is 0 Å². The van der Waals surface area contributed by atoms with Crippen LogP contribution in [0.25, 0.3) is 0 Å². The summed E-state index contributed by atoms with van der Waals surface area (Å²) in [5.41, 5.74) is 0. The first-order valence-electron chi connectivity index (χ1n) is 8.28. The summed E-state index contributed by atoms with van der Waals surface area (Å²) in [6.45, 7) is 5.14. The molecule has 0 aromatic rings. The molecule has 2 heterocycles. The Morgan fingerprint density at radius 3 is 2.25 bits per heavy atom. The van der Waals surface area contributed by atoms with Crippen molar-refractivity contribution in [3.63, 3.8) is 0 Å². The van der Waals surface area contributed by atoms with Gasteiger partial charge in [-0.3, -0.25) is 9.59 Å². The molecule has 4 nitrogen and oxygen atoms in total. The van der Waals surface area contributed by atoms with Crippen molar-refractivity contribution >= 4 is 11.8 Å². The van der Waals surface area contributed by atoms with Crippen LogP contribution in [0.3, 0.4) is 0 Å². The molecule has 2 saturated heterocycles. The predicted molar refractivity (Wildman–Crippen MR) is 81.4 cm³/mol. The Bertz CT molecular complexity index is 284. The first kappa shape index (κ1) is 17.0. The third-order valence-electron chi connectivity index (χ3n) is 3.86. The van der Waals surface area contributed by atoms with E-state index in [1.807, 2.05) is 4.90 Å². The van der Waals surface area contributed by atoms with E-state index in [2.05, 4.69) is 12.2 Å². The number of carbonyl (C=O) groups excluding carboxylic acids is 2. The number of rotatable bonds is 7. The van der Waals surface area contributed by atoms with Crippen LogP contribution in [0.15, 0.2) is 0 Å². The average Bonchev–Trinajstić information content (AvgIpc) is 3.06. The normalized spacial score (nSPS) is 17.9. The molecule has 0 atom stereocenters. The zero-order chi connectivity index (χ0) is 14.6. The molecule has 0 saturated carbocycles. The molecule has 20 heavy (non-hydrogen) atoms. The summed E-state index contributed by atoms with van der Waals surface area (Å²) in [4.78, 5) is 23.4. The lowest BCUT2D eigenvalue weighted by molar-refractivity contribution is -0.127. The summed E-state index contributed by atoms with van der Waals surface area (Å²) < 4.78 is 0. The molecule has 0 aromatic heterocycles. The van der Waals surface area contributed by atoms with Gasteiger partial charge in [0.05, 0.1) is 0 Å². The third kappa shape index (κ3) is 7.51. The highest BCUT2D eigenvalue weighted by Crippen LogP contribution is 2.12. The molecule has 0 aliphatic carbocycles. The molecule has 2 rings (SSSR count). The van der Waals surface area contributed by atoms with Gasteiger partial charge in [-0.2, -0.15) is 0 Å². The van der Waals surface area contributed by atoms with E-state index in [0.29, 0.717) is 5.91 Å². The van der Waals surface area contributed by atoms with Gasteiger partial charge in [0.1, 0.15) is 0 Å². The molecule has 0 unspecified atom stereocenters. The van der Waals surface area contributed by atoms with E-state index in [4.69, 9.17) is 0 Å². The largest absolute Gasteiger partial charge is 0.356 e. The monoisotopic (exact) mass is 282 g/mol. The Balaban J connectivity index is 0.000000276. The van der Waals surface area contributed by atoms with Gasteiger partial charge in [-0.15, -0.1) is 0 Å². The highest BCUT2D eigenvalue weighted by molar-refractivity contribution is 5.78. The number of hydrogen-bond donors (Lipinski definition) is 1. The molecular weight excluding hydrogens is 252 g/mol. The Morgan fingerprint density at radius 2 is 1.75 bits per heavy atom. The standard InChI is InChI=1S/C12H23NO.C4H7NO/c1-2-3-4-5-6-7-10-13-11-8-9-12(13)14;6-4-2-1-3-5-4/h2-11H2,1H3;1-3H2,(H,5,6). The van der Waals surface area contributed by atoms with Gasteiger partial charge in [-0.05, 0) is 19.3 Å². The number of nitrogens with one attached hydrogen (secondary N) is 1. The second kappa shape index (κ2) is 10.7. The Labute approximate surface area is 123 Å². The molecule has 2 fully saturated rings. The number of nitrogens with zero attached hydrogens (tertiary/aromatic N) is 1. The molecule has 0 radical (unpaired) electrons. The van der Waals surface area contributed by atoms with Gasteiger partial charge in [0.15, 0.2) is 0 Å². The quantitative estimate of drug-likeness (QED) is 0.730. The van der Waals surface area contributed by atoms with Crippen molar-refractivity contribution in [2.75, 3.05) is 19.6 Å². The molecule has 0 aromatic carbocycles. The second-order valence-corrected chi connectivity index (χ2v) is 5.71. The lowest BCUT2D eigenvalue weighted by atomic mass is 10.1. The first-order valence-corrected chi connectivity index (χ1v) is 8.28. The molecular formula is C16H30N2O2. The van der Waals surface area contributed by atoms with Crippen molar-refractivity contribution in [1.29, 1.82) is 0 Å². The van der Waals surface area contributed by atoms with Gasteiger partial charge in [0.2, 0.25) is 11.8 Å². The Morgan fingerprint density at radius 1 is 1.00 bits per heavy atom. The number of unbranched alkanes of at least 4 members (excludes halogenated alkanes) is 5. The van der Waals surface area contributed by atoms with Crippen LogP contribution in [0, 0.1) is 0 Å². The fourth-order valence-electron chi connectivity index (χ4n) is 2.59. The van der Waals surface area contributed by atoms with Crippen molar-refractivity contribution in [3.05, 3.63) is 0 Å². The maximum atomic E-state index is 11.3. The predicted octanol–water partition coefficient (Wildman–Crippen LogP) is 2.87. The summed E-state index contributed by atoms with van der Waals surface area (Å²) in [5.74, 6) is 0.577. The first-order chi connectivity index (χ1) is 9.74. The molecule has 116 valence electrons. The molecule has 2 aliphatic heterocycles. The summed E-state index contributed by atoms with van der Waals surface area (Å²) in [6, 6.07) is 0. The third-order valence-corrected chi connectivity index (χ3v) is 3.86. The summed E-state index contributed by atoms with van der Waals surface area (Å²) >= 11 is 0. The topological polar surface area (TPSA) is 49.4 Å². The van der Waals surface area contributed by atoms with Crippen molar-refractivity contribution in [3.8, 4) is 0 Å². The van der Waals surface area contributed by atoms with Crippen molar-refractivity contribution < 1.29 is 9.59 Å². The van der Waals surface area contributed by atoms with E-state index >= 15 is 0 Å².